The van der Waals surface area contributed by atoms with Crippen LogP contribution in [0.15, 0.2) is 18.2 Å². The van der Waals surface area contributed by atoms with Crippen molar-refractivity contribution < 1.29 is 24.0 Å². The number of para-hydroxylation sites is 1. The summed E-state index contributed by atoms with van der Waals surface area (Å²) in [5, 5.41) is 4.40. The Balaban J connectivity index is 1.27. The van der Waals surface area contributed by atoms with Gasteiger partial charge in [0.25, 0.3) is 5.91 Å². The van der Waals surface area contributed by atoms with Crippen molar-refractivity contribution in [3.63, 3.8) is 0 Å². The van der Waals surface area contributed by atoms with Crippen LogP contribution in [-0.2, 0) is 24.0 Å². The molecule has 1 aromatic heterocycles. The van der Waals surface area contributed by atoms with Crippen LogP contribution in [0.25, 0.3) is 10.2 Å². The van der Waals surface area contributed by atoms with Gasteiger partial charge in [0, 0.05) is 45.9 Å². The van der Waals surface area contributed by atoms with E-state index in [2.05, 4.69) is 15.2 Å². The van der Waals surface area contributed by atoms with Crippen LogP contribution in [-0.4, -0.2) is 82.8 Å². The average Bonchev–Trinajstić information content (AvgIpc) is 3.32. The lowest BCUT2D eigenvalue weighted by Gasteiger charge is -2.34. The van der Waals surface area contributed by atoms with Gasteiger partial charge in [0.15, 0.2) is 5.13 Å². The number of piperazine rings is 1. The molecule has 2 heterocycles. The van der Waals surface area contributed by atoms with E-state index in [1.54, 1.807) is 0 Å². The Hall–Kier alpha value is -2.89. The summed E-state index contributed by atoms with van der Waals surface area (Å²) in [7, 11) is 0. The number of rotatable bonds is 14. The molecular weight excluding hydrogens is 518 g/mol. The molecule has 1 aromatic carbocycles. The van der Waals surface area contributed by atoms with Gasteiger partial charge in [-0.3, -0.25) is 28.9 Å². The van der Waals surface area contributed by atoms with E-state index in [4.69, 9.17) is 4.84 Å². The summed E-state index contributed by atoms with van der Waals surface area (Å²) >= 11 is 1.47. The Bertz CT molecular complexity index is 1130. The minimum Gasteiger partial charge on any atom is -0.340 e. The van der Waals surface area contributed by atoms with Crippen molar-refractivity contribution >= 4 is 50.3 Å². The number of fused-ring (bicyclic) bond motifs is 1. The first-order valence-electron chi connectivity index (χ1n) is 13.9. The van der Waals surface area contributed by atoms with Crippen LogP contribution >= 0.6 is 11.3 Å². The molecule has 10 nitrogen and oxygen atoms in total. The van der Waals surface area contributed by atoms with E-state index >= 15 is 0 Å². The monoisotopic (exact) mass is 559 g/mol. The number of benzene rings is 1. The zero-order chi connectivity index (χ0) is 28.2. The second kappa shape index (κ2) is 15.6. The Kier molecular flexibility index (Phi) is 12.3. The topological polar surface area (TPSA) is 112 Å². The Labute approximate surface area is 234 Å². The number of unbranched alkanes of at least 4 members (excludes halogenated alkanes) is 4. The lowest BCUT2D eigenvalue weighted by atomic mass is 10.1. The average molecular weight is 560 g/mol. The summed E-state index contributed by atoms with van der Waals surface area (Å²) in [5.41, 5.74) is 2.01. The normalized spacial score (nSPS) is 14.0. The predicted molar refractivity (Wildman–Crippen MR) is 152 cm³/mol. The maximum atomic E-state index is 12.6. The molecule has 0 radical (unpaired) electrons. The molecule has 0 bridgehead atoms. The molecule has 39 heavy (non-hydrogen) atoms. The van der Waals surface area contributed by atoms with Gasteiger partial charge in [-0.25, -0.2) is 4.98 Å². The van der Waals surface area contributed by atoms with E-state index in [0.717, 1.165) is 52.9 Å². The number of aryl methyl sites for hydroxylation is 1. The van der Waals surface area contributed by atoms with Crippen LogP contribution in [0.3, 0.4) is 0 Å². The number of nitrogens with zero attached hydrogens (tertiary/aromatic N) is 4. The van der Waals surface area contributed by atoms with Gasteiger partial charge in [0.1, 0.15) is 0 Å². The van der Waals surface area contributed by atoms with Crippen LogP contribution in [0.1, 0.15) is 70.8 Å². The predicted octanol–water partition coefficient (Wildman–Crippen LogP) is 4.13. The molecule has 0 atom stereocenters. The SMILES string of the molecule is CCCCON(C(C)=O)C(=O)CCCCCCC(=O)N1CCN(CC(=O)Nc2nc3c(C)cccc3s2)CC1. The molecule has 4 amide bonds. The minimum atomic E-state index is -0.398. The first kappa shape index (κ1) is 30.6. The number of hydrogen-bond donors (Lipinski definition) is 1. The van der Waals surface area contributed by atoms with Crippen LogP contribution in [0.5, 0.6) is 0 Å². The van der Waals surface area contributed by atoms with E-state index in [-0.39, 0.29) is 30.7 Å². The second-order valence-corrected chi connectivity index (χ2v) is 11.0. The van der Waals surface area contributed by atoms with Crippen molar-refractivity contribution in [2.45, 2.75) is 72.1 Å². The number of carbonyl (C=O) groups excluding carboxylic acids is 4. The first-order valence-corrected chi connectivity index (χ1v) is 14.7. The largest absolute Gasteiger partial charge is 0.340 e. The maximum Gasteiger partial charge on any atom is 0.253 e. The summed E-state index contributed by atoms with van der Waals surface area (Å²) in [5.74, 6) is -0.668. The summed E-state index contributed by atoms with van der Waals surface area (Å²) in [6.07, 6.45) is 5.54. The first-order chi connectivity index (χ1) is 18.8. The lowest BCUT2D eigenvalue weighted by Crippen LogP contribution is -2.50. The van der Waals surface area contributed by atoms with Crippen molar-refractivity contribution in [3.8, 4) is 0 Å². The number of anilines is 1. The number of hydrogen-bond acceptors (Lipinski definition) is 8. The van der Waals surface area contributed by atoms with Crippen LogP contribution in [0.4, 0.5) is 5.13 Å². The van der Waals surface area contributed by atoms with Gasteiger partial charge in [-0.15, -0.1) is 0 Å². The molecular formula is C28H41N5O5S. The van der Waals surface area contributed by atoms with Gasteiger partial charge in [-0.05, 0) is 37.8 Å². The van der Waals surface area contributed by atoms with Crippen molar-refractivity contribution in [2.24, 2.45) is 0 Å². The summed E-state index contributed by atoms with van der Waals surface area (Å²) in [6.45, 7) is 8.53. The van der Waals surface area contributed by atoms with E-state index < -0.39 is 5.91 Å². The molecule has 1 N–H and O–H groups in total. The molecule has 1 aliphatic heterocycles. The fourth-order valence-electron chi connectivity index (χ4n) is 4.46. The van der Waals surface area contributed by atoms with Gasteiger partial charge < -0.3 is 10.2 Å². The third-order valence-corrected chi connectivity index (χ3v) is 7.66. The third kappa shape index (κ3) is 9.66. The highest BCUT2D eigenvalue weighted by atomic mass is 32.1. The fraction of sp³-hybridized carbons (Fsp3) is 0.607. The molecule has 0 unspecified atom stereocenters. The van der Waals surface area contributed by atoms with Crippen LogP contribution in [0.2, 0.25) is 0 Å². The maximum absolute atomic E-state index is 12.6. The Morgan fingerprint density at radius 1 is 1.03 bits per heavy atom. The van der Waals surface area contributed by atoms with Crippen molar-refractivity contribution in [1.29, 1.82) is 0 Å². The number of hydroxylamine groups is 2. The molecule has 1 aliphatic rings. The van der Waals surface area contributed by atoms with Gasteiger partial charge in [-0.2, -0.15) is 5.06 Å². The van der Waals surface area contributed by atoms with Crippen molar-refractivity contribution in [3.05, 3.63) is 23.8 Å². The number of nitrogens with one attached hydrogen (secondary N) is 1. The summed E-state index contributed by atoms with van der Waals surface area (Å²) in [4.78, 5) is 62.8. The minimum absolute atomic E-state index is 0.0936. The Morgan fingerprint density at radius 2 is 1.74 bits per heavy atom. The molecule has 3 rings (SSSR count). The highest BCUT2D eigenvalue weighted by molar-refractivity contribution is 7.22. The number of amides is 4. The fourth-order valence-corrected chi connectivity index (χ4v) is 5.42. The van der Waals surface area contributed by atoms with E-state index in [9.17, 15) is 19.2 Å². The molecule has 1 saturated heterocycles. The zero-order valence-corrected chi connectivity index (χ0v) is 24.2. The second-order valence-electron chi connectivity index (χ2n) is 9.95. The highest BCUT2D eigenvalue weighted by Crippen LogP contribution is 2.27. The summed E-state index contributed by atoms with van der Waals surface area (Å²) in [6, 6.07) is 6.00. The molecule has 214 valence electrons. The lowest BCUT2D eigenvalue weighted by molar-refractivity contribution is -0.194. The van der Waals surface area contributed by atoms with Gasteiger partial charge in [0.2, 0.25) is 17.7 Å². The van der Waals surface area contributed by atoms with E-state index in [1.807, 2.05) is 36.9 Å². The zero-order valence-electron chi connectivity index (χ0n) is 23.4. The molecule has 1 fully saturated rings. The molecule has 2 aromatic rings. The van der Waals surface area contributed by atoms with Crippen LogP contribution < -0.4 is 5.32 Å². The molecule has 0 saturated carbocycles. The number of imide groups is 1. The van der Waals surface area contributed by atoms with Gasteiger partial charge >= 0.3 is 0 Å². The van der Waals surface area contributed by atoms with Gasteiger partial charge in [0.05, 0.1) is 23.4 Å². The van der Waals surface area contributed by atoms with E-state index in [1.165, 1.54) is 18.3 Å². The van der Waals surface area contributed by atoms with E-state index in [0.29, 0.717) is 50.8 Å². The molecule has 0 spiro atoms. The molecule has 11 heteroatoms. The van der Waals surface area contributed by atoms with Crippen LogP contribution in [0, 0.1) is 6.92 Å². The number of carbonyl (C=O) groups is 4. The highest BCUT2D eigenvalue weighted by Gasteiger charge is 2.23. The number of thiazole rings is 1. The number of aromatic nitrogens is 1. The summed E-state index contributed by atoms with van der Waals surface area (Å²) < 4.78 is 1.05. The quantitative estimate of drug-likeness (QED) is 0.274. The van der Waals surface area contributed by atoms with Gasteiger partial charge in [-0.1, -0.05) is 49.7 Å². The van der Waals surface area contributed by atoms with Crippen molar-refractivity contribution in [1.82, 2.24) is 19.8 Å². The third-order valence-electron chi connectivity index (χ3n) is 6.72. The smallest absolute Gasteiger partial charge is 0.253 e. The standard InChI is InChI=1S/C28H41N5O5S/c1-4-5-19-38-33(22(3)34)26(37)14-9-7-6-8-13-25(36)32-17-15-31(16-18-32)20-24(35)29-28-30-27-21(2)11-10-12-23(27)39-28/h10-12H,4-9,13-20H2,1-3H3,(H,29,30,35). The molecule has 0 aliphatic carbocycles. The van der Waals surface area contributed by atoms with Crippen molar-refractivity contribution in [2.75, 3.05) is 44.6 Å². The Morgan fingerprint density at radius 3 is 2.41 bits per heavy atom.